The molecule has 1 aromatic heterocycles. The van der Waals surface area contributed by atoms with Gasteiger partial charge in [0.2, 0.25) is 0 Å². The standard InChI is InChI=1S/C14H20N2O2/c1-3-12-5-4-10(2)16(12)9-11-6-7-15-13(8-11)14(17)18/h6-8,10,12H,3-5,9H2,1-2H3,(H,17,18). The van der Waals surface area contributed by atoms with Gasteiger partial charge in [0, 0.05) is 24.8 Å². The van der Waals surface area contributed by atoms with Crippen LogP contribution in [0.5, 0.6) is 0 Å². The molecule has 1 fully saturated rings. The smallest absolute Gasteiger partial charge is 0.354 e. The molecule has 0 radical (unpaired) electrons. The monoisotopic (exact) mass is 248 g/mol. The van der Waals surface area contributed by atoms with Crippen LogP contribution in [-0.2, 0) is 6.54 Å². The molecular weight excluding hydrogens is 228 g/mol. The summed E-state index contributed by atoms with van der Waals surface area (Å²) < 4.78 is 0. The van der Waals surface area contributed by atoms with Gasteiger partial charge in [-0.2, -0.15) is 0 Å². The number of carboxylic acid groups (broad SMARTS) is 1. The van der Waals surface area contributed by atoms with E-state index in [9.17, 15) is 4.79 Å². The van der Waals surface area contributed by atoms with Gasteiger partial charge in [-0.25, -0.2) is 9.78 Å². The van der Waals surface area contributed by atoms with Crippen molar-refractivity contribution in [2.45, 2.75) is 51.7 Å². The van der Waals surface area contributed by atoms with E-state index in [4.69, 9.17) is 5.11 Å². The summed E-state index contributed by atoms with van der Waals surface area (Å²) in [6, 6.07) is 4.79. The van der Waals surface area contributed by atoms with Gasteiger partial charge in [-0.1, -0.05) is 6.92 Å². The van der Waals surface area contributed by atoms with Crippen LogP contribution in [0.4, 0.5) is 0 Å². The molecule has 1 N–H and O–H groups in total. The third-order valence-corrected chi connectivity index (χ3v) is 3.83. The van der Waals surface area contributed by atoms with Crippen LogP contribution in [0.25, 0.3) is 0 Å². The second kappa shape index (κ2) is 5.48. The van der Waals surface area contributed by atoms with Crippen LogP contribution in [0.15, 0.2) is 18.3 Å². The first-order valence-corrected chi connectivity index (χ1v) is 6.55. The van der Waals surface area contributed by atoms with E-state index < -0.39 is 5.97 Å². The largest absolute Gasteiger partial charge is 0.477 e. The molecule has 1 aliphatic heterocycles. The fourth-order valence-electron chi connectivity index (χ4n) is 2.75. The molecule has 2 atom stereocenters. The third-order valence-electron chi connectivity index (χ3n) is 3.83. The molecule has 1 aliphatic rings. The van der Waals surface area contributed by atoms with Crippen molar-refractivity contribution in [3.8, 4) is 0 Å². The van der Waals surface area contributed by atoms with Crippen molar-refractivity contribution < 1.29 is 9.90 Å². The summed E-state index contributed by atoms with van der Waals surface area (Å²) in [6.07, 6.45) is 5.21. The molecular formula is C14H20N2O2. The lowest BCUT2D eigenvalue weighted by atomic mass is 10.1. The van der Waals surface area contributed by atoms with E-state index >= 15 is 0 Å². The van der Waals surface area contributed by atoms with Crippen LogP contribution < -0.4 is 0 Å². The zero-order chi connectivity index (χ0) is 13.1. The lowest BCUT2D eigenvalue weighted by Crippen LogP contribution is -2.33. The lowest BCUT2D eigenvalue weighted by molar-refractivity contribution is 0.0690. The van der Waals surface area contributed by atoms with Gasteiger partial charge < -0.3 is 5.11 Å². The fraction of sp³-hybridized carbons (Fsp3) is 0.571. The molecule has 0 amide bonds. The van der Waals surface area contributed by atoms with Crippen LogP contribution in [-0.4, -0.2) is 33.0 Å². The molecule has 0 aliphatic carbocycles. The number of aromatic nitrogens is 1. The molecule has 98 valence electrons. The van der Waals surface area contributed by atoms with Gasteiger partial charge in [-0.15, -0.1) is 0 Å². The van der Waals surface area contributed by atoms with Crippen LogP contribution in [0.1, 0.15) is 49.2 Å². The Labute approximate surface area is 108 Å². The van der Waals surface area contributed by atoms with Crippen molar-refractivity contribution in [3.05, 3.63) is 29.6 Å². The second-order valence-corrected chi connectivity index (χ2v) is 5.02. The van der Waals surface area contributed by atoms with Crippen molar-refractivity contribution >= 4 is 5.97 Å². The maximum absolute atomic E-state index is 10.9. The highest BCUT2D eigenvalue weighted by molar-refractivity contribution is 5.85. The molecule has 4 heteroatoms. The zero-order valence-electron chi connectivity index (χ0n) is 11.0. The second-order valence-electron chi connectivity index (χ2n) is 5.02. The van der Waals surface area contributed by atoms with Crippen molar-refractivity contribution in [2.24, 2.45) is 0 Å². The summed E-state index contributed by atoms with van der Waals surface area (Å²) in [5, 5.41) is 8.94. The summed E-state index contributed by atoms with van der Waals surface area (Å²) >= 11 is 0. The Kier molecular flexibility index (Phi) is 3.97. The lowest BCUT2D eigenvalue weighted by Gasteiger charge is -2.27. The number of nitrogens with zero attached hydrogens (tertiary/aromatic N) is 2. The molecule has 1 aromatic rings. The van der Waals surface area contributed by atoms with Crippen LogP contribution in [0, 0.1) is 0 Å². The van der Waals surface area contributed by atoms with E-state index in [1.807, 2.05) is 6.07 Å². The Bertz CT molecular complexity index is 434. The number of rotatable bonds is 4. The minimum absolute atomic E-state index is 0.132. The van der Waals surface area contributed by atoms with Crippen LogP contribution in [0.3, 0.4) is 0 Å². The van der Waals surface area contributed by atoms with E-state index in [2.05, 4.69) is 23.7 Å². The number of hydrogen-bond donors (Lipinski definition) is 1. The molecule has 0 saturated carbocycles. The number of carbonyl (C=O) groups is 1. The Morgan fingerprint density at radius 2 is 2.33 bits per heavy atom. The minimum atomic E-state index is -0.960. The van der Waals surface area contributed by atoms with Crippen LogP contribution >= 0.6 is 0 Å². The topological polar surface area (TPSA) is 53.4 Å². The normalized spacial score (nSPS) is 24.3. The fourth-order valence-corrected chi connectivity index (χ4v) is 2.75. The van der Waals surface area contributed by atoms with Gasteiger partial charge in [-0.05, 0) is 43.9 Å². The molecule has 4 nitrogen and oxygen atoms in total. The summed E-state index contributed by atoms with van der Waals surface area (Å²) in [4.78, 5) is 17.2. The molecule has 18 heavy (non-hydrogen) atoms. The first-order valence-electron chi connectivity index (χ1n) is 6.55. The molecule has 2 rings (SSSR count). The molecule has 1 saturated heterocycles. The molecule has 0 aromatic carbocycles. The highest BCUT2D eigenvalue weighted by atomic mass is 16.4. The van der Waals surface area contributed by atoms with Gasteiger partial charge >= 0.3 is 5.97 Å². The highest BCUT2D eigenvalue weighted by Crippen LogP contribution is 2.27. The van der Waals surface area contributed by atoms with E-state index in [1.54, 1.807) is 12.3 Å². The number of likely N-dealkylation sites (tertiary alicyclic amines) is 1. The summed E-state index contributed by atoms with van der Waals surface area (Å²) in [7, 11) is 0. The first-order chi connectivity index (χ1) is 8.61. The van der Waals surface area contributed by atoms with Gasteiger partial charge in [0.05, 0.1) is 0 Å². The van der Waals surface area contributed by atoms with Crippen molar-refractivity contribution in [3.63, 3.8) is 0 Å². The van der Waals surface area contributed by atoms with E-state index in [0.29, 0.717) is 12.1 Å². The summed E-state index contributed by atoms with van der Waals surface area (Å²) in [6.45, 7) is 5.28. The quantitative estimate of drug-likeness (QED) is 0.889. The summed E-state index contributed by atoms with van der Waals surface area (Å²) in [5.41, 5.74) is 1.17. The minimum Gasteiger partial charge on any atom is -0.477 e. The maximum Gasteiger partial charge on any atom is 0.354 e. The van der Waals surface area contributed by atoms with E-state index in [-0.39, 0.29) is 5.69 Å². The maximum atomic E-state index is 10.9. The van der Waals surface area contributed by atoms with Crippen molar-refractivity contribution in [1.29, 1.82) is 0 Å². The first kappa shape index (κ1) is 13.0. The number of pyridine rings is 1. The predicted molar refractivity (Wildman–Crippen MR) is 69.5 cm³/mol. The Morgan fingerprint density at radius 3 is 3.00 bits per heavy atom. The van der Waals surface area contributed by atoms with E-state index in [1.165, 1.54) is 12.8 Å². The highest BCUT2D eigenvalue weighted by Gasteiger charge is 2.29. The molecule has 0 spiro atoms. The van der Waals surface area contributed by atoms with Crippen molar-refractivity contribution in [2.75, 3.05) is 0 Å². The average molecular weight is 248 g/mol. The third kappa shape index (κ3) is 2.70. The van der Waals surface area contributed by atoms with Gasteiger partial charge in [0.1, 0.15) is 5.69 Å². The van der Waals surface area contributed by atoms with Crippen LogP contribution in [0.2, 0.25) is 0 Å². The van der Waals surface area contributed by atoms with E-state index in [0.717, 1.165) is 18.5 Å². The SMILES string of the molecule is CCC1CCC(C)N1Cc1ccnc(C(=O)O)c1. The zero-order valence-corrected chi connectivity index (χ0v) is 11.0. The molecule has 2 heterocycles. The predicted octanol–water partition coefficient (Wildman–Crippen LogP) is 2.54. The van der Waals surface area contributed by atoms with Gasteiger partial charge in [0.25, 0.3) is 0 Å². The number of hydrogen-bond acceptors (Lipinski definition) is 3. The Hall–Kier alpha value is -1.42. The Balaban J connectivity index is 2.13. The van der Waals surface area contributed by atoms with Crippen molar-refractivity contribution in [1.82, 2.24) is 9.88 Å². The number of carboxylic acids is 1. The average Bonchev–Trinajstić information content (AvgIpc) is 2.71. The number of aromatic carboxylic acids is 1. The summed E-state index contributed by atoms with van der Waals surface area (Å²) in [5.74, 6) is -0.960. The van der Waals surface area contributed by atoms with Gasteiger partial charge in [0.15, 0.2) is 0 Å². The molecule has 2 unspecified atom stereocenters. The van der Waals surface area contributed by atoms with Gasteiger partial charge in [-0.3, -0.25) is 4.90 Å². The molecule has 0 bridgehead atoms. The Morgan fingerprint density at radius 1 is 1.56 bits per heavy atom.